The van der Waals surface area contributed by atoms with Crippen molar-refractivity contribution in [2.45, 2.75) is 32.4 Å². The molecule has 0 radical (unpaired) electrons. The van der Waals surface area contributed by atoms with Gasteiger partial charge >= 0.3 is 12.1 Å². The minimum absolute atomic E-state index is 0.0519. The van der Waals surface area contributed by atoms with E-state index in [-0.39, 0.29) is 27.7 Å². The zero-order valence-electron chi connectivity index (χ0n) is 24.5. The van der Waals surface area contributed by atoms with E-state index in [1.54, 1.807) is 45.0 Å². The molecule has 0 fully saturated rings. The lowest BCUT2D eigenvalue weighted by atomic mass is 10.0. The largest absolute Gasteiger partial charge is 0.467 e. The second kappa shape index (κ2) is 15.2. The molecule has 3 rings (SSSR count). The van der Waals surface area contributed by atoms with Crippen molar-refractivity contribution in [1.29, 1.82) is 0 Å². The smallest absolute Gasteiger partial charge is 0.412 e. The van der Waals surface area contributed by atoms with Crippen LogP contribution in [0.15, 0.2) is 66.7 Å². The number of methoxy groups -OCH3 is 1. The highest BCUT2D eigenvalue weighted by Crippen LogP contribution is 2.31. The van der Waals surface area contributed by atoms with E-state index in [0.717, 1.165) is 12.7 Å². The average molecular weight is 644 g/mol. The van der Waals surface area contributed by atoms with Gasteiger partial charge in [0.15, 0.2) is 0 Å². The van der Waals surface area contributed by atoms with E-state index in [1.807, 2.05) is 30.3 Å². The van der Waals surface area contributed by atoms with Crippen molar-refractivity contribution < 1.29 is 33.4 Å². The Hall–Kier alpha value is -4.61. The number of rotatable bonds is 10. The molecule has 1 atom stereocenters. The van der Waals surface area contributed by atoms with Gasteiger partial charge in [0, 0.05) is 17.8 Å². The molecule has 3 aromatic rings. The third kappa shape index (κ3) is 9.99. The Kier molecular flexibility index (Phi) is 11.7. The summed E-state index contributed by atoms with van der Waals surface area (Å²) in [7, 11) is 1.13. The fourth-order valence-electron chi connectivity index (χ4n) is 3.85. The van der Waals surface area contributed by atoms with Crippen LogP contribution >= 0.6 is 23.2 Å². The monoisotopic (exact) mass is 642 g/mol. The normalized spacial score (nSPS) is 11.5. The summed E-state index contributed by atoms with van der Waals surface area (Å²) >= 11 is 12.8. The molecular formula is C31H32Cl2N4O7. The second-order valence-corrected chi connectivity index (χ2v) is 11.2. The zero-order chi connectivity index (χ0) is 32.4. The SMILES string of the molecule is COC(=O)[C@H](CNC(=O)CNC(=O)c1cccc(NC(=O)OC(C)(C)C)c1)NC(=O)c1c(Cl)cc(-c2ccccc2)cc1Cl. The van der Waals surface area contributed by atoms with Crippen molar-refractivity contribution in [3.8, 4) is 11.1 Å². The molecule has 0 saturated heterocycles. The molecule has 0 unspecified atom stereocenters. The first kappa shape index (κ1) is 33.9. The van der Waals surface area contributed by atoms with Crippen LogP contribution in [0, 0.1) is 0 Å². The molecule has 0 aromatic heterocycles. The van der Waals surface area contributed by atoms with Gasteiger partial charge in [-0.15, -0.1) is 0 Å². The summed E-state index contributed by atoms with van der Waals surface area (Å²) in [6.45, 7) is 4.37. The molecule has 11 nitrogen and oxygen atoms in total. The first-order valence-corrected chi connectivity index (χ1v) is 14.1. The van der Waals surface area contributed by atoms with Gasteiger partial charge < -0.3 is 25.4 Å². The van der Waals surface area contributed by atoms with Crippen LogP contribution in [0.3, 0.4) is 0 Å². The first-order valence-electron chi connectivity index (χ1n) is 13.4. The van der Waals surface area contributed by atoms with Gasteiger partial charge in [0.2, 0.25) is 5.91 Å². The topological polar surface area (TPSA) is 152 Å². The minimum Gasteiger partial charge on any atom is -0.467 e. The number of nitrogens with one attached hydrogen (secondary N) is 4. The van der Waals surface area contributed by atoms with Crippen molar-refractivity contribution >= 4 is 58.7 Å². The number of hydrogen-bond acceptors (Lipinski definition) is 7. The van der Waals surface area contributed by atoms with E-state index in [4.69, 9.17) is 32.7 Å². The minimum atomic E-state index is -1.29. The number of esters is 1. The van der Waals surface area contributed by atoms with Crippen molar-refractivity contribution in [3.05, 3.63) is 87.9 Å². The van der Waals surface area contributed by atoms with Gasteiger partial charge in [0.25, 0.3) is 11.8 Å². The summed E-state index contributed by atoms with van der Waals surface area (Å²) in [6, 6.07) is 17.2. The molecule has 0 aliphatic rings. The van der Waals surface area contributed by atoms with Gasteiger partial charge in [0.05, 0.1) is 29.3 Å². The number of amides is 4. The molecule has 4 N–H and O–H groups in total. The Morgan fingerprint density at radius 2 is 1.48 bits per heavy atom. The van der Waals surface area contributed by atoms with Crippen LogP contribution in [0.5, 0.6) is 0 Å². The molecule has 0 aliphatic heterocycles. The van der Waals surface area contributed by atoms with Crippen LogP contribution in [0.4, 0.5) is 10.5 Å². The van der Waals surface area contributed by atoms with Gasteiger partial charge in [-0.3, -0.25) is 19.7 Å². The Morgan fingerprint density at radius 1 is 0.818 bits per heavy atom. The lowest BCUT2D eigenvalue weighted by molar-refractivity contribution is -0.142. The molecule has 232 valence electrons. The third-order valence-corrected chi connectivity index (χ3v) is 6.45. The fourth-order valence-corrected chi connectivity index (χ4v) is 4.51. The number of anilines is 1. The quantitative estimate of drug-likeness (QED) is 0.231. The van der Waals surface area contributed by atoms with Gasteiger partial charge in [-0.05, 0) is 62.2 Å². The highest BCUT2D eigenvalue weighted by atomic mass is 35.5. The highest BCUT2D eigenvalue weighted by Gasteiger charge is 2.26. The maximum atomic E-state index is 13.1. The van der Waals surface area contributed by atoms with E-state index in [1.165, 1.54) is 12.1 Å². The Morgan fingerprint density at radius 3 is 2.09 bits per heavy atom. The van der Waals surface area contributed by atoms with Crippen LogP contribution in [0.2, 0.25) is 10.0 Å². The molecule has 3 aromatic carbocycles. The summed E-state index contributed by atoms with van der Waals surface area (Å²) in [4.78, 5) is 62.5. The summed E-state index contributed by atoms with van der Waals surface area (Å²) in [6.07, 6.45) is -0.685. The summed E-state index contributed by atoms with van der Waals surface area (Å²) in [5.74, 6) is -2.82. The number of carbonyl (C=O) groups excluding carboxylic acids is 5. The van der Waals surface area contributed by atoms with E-state index >= 15 is 0 Å². The molecule has 0 aliphatic carbocycles. The van der Waals surface area contributed by atoms with Gasteiger partial charge in [-0.2, -0.15) is 0 Å². The standard InChI is InChI=1S/C31H32Cl2N4O7/c1-31(2,3)44-30(42)36-21-12-8-11-19(13-21)27(39)35-17-25(38)34-16-24(29(41)43-4)37-28(40)26-22(32)14-20(15-23(26)33)18-9-6-5-7-10-18/h5-15,24H,16-17H2,1-4H3,(H,34,38)(H,35,39)(H,36,42)(H,37,40)/t24-/m0/s1. The van der Waals surface area contributed by atoms with Crippen LogP contribution in [-0.4, -0.2) is 61.6 Å². The lowest BCUT2D eigenvalue weighted by Crippen LogP contribution is -2.50. The summed E-state index contributed by atoms with van der Waals surface area (Å²) < 4.78 is 9.96. The predicted octanol–water partition coefficient (Wildman–Crippen LogP) is 4.83. The molecule has 13 heteroatoms. The Bertz CT molecular complexity index is 1520. The van der Waals surface area contributed by atoms with Gasteiger partial charge in [0.1, 0.15) is 11.6 Å². The maximum Gasteiger partial charge on any atom is 0.412 e. The third-order valence-electron chi connectivity index (χ3n) is 5.85. The molecule has 0 saturated carbocycles. The van der Waals surface area contributed by atoms with Crippen LogP contribution in [-0.2, 0) is 19.1 Å². The number of halogens is 2. The fraction of sp³-hybridized carbons (Fsp3) is 0.258. The average Bonchev–Trinajstić information content (AvgIpc) is 2.96. The Balaban J connectivity index is 1.58. The van der Waals surface area contributed by atoms with E-state index < -0.39 is 48.0 Å². The highest BCUT2D eigenvalue weighted by molar-refractivity contribution is 6.40. The predicted molar refractivity (Wildman–Crippen MR) is 167 cm³/mol. The maximum absolute atomic E-state index is 13.1. The first-order chi connectivity index (χ1) is 20.8. The van der Waals surface area contributed by atoms with Crippen LogP contribution in [0.25, 0.3) is 11.1 Å². The van der Waals surface area contributed by atoms with E-state index in [2.05, 4.69) is 21.3 Å². The van der Waals surface area contributed by atoms with Crippen molar-refractivity contribution in [2.24, 2.45) is 0 Å². The van der Waals surface area contributed by atoms with E-state index in [9.17, 15) is 24.0 Å². The van der Waals surface area contributed by atoms with Gasteiger partial charge in [-0.1, -0.05) is 59.6 Å². The second-order valence-electron chi connectivity index (χ2n) is 10.4. The summed E-state index contributed by atoms with van der Waals surface area (Å²) in [5.41, 5.74) is 1.29. The molecule has 4 amide bonds. The van der Waals surface area contributed by atoms with E-state index in [0.29, 0.717) is 11.3 Å². The molecule has 44 heavy (non-hydrogen) atoms. The van der Waals surface area contributed by atoms with Crippen LogP contribution < -0.4 is 21.3 Å². The molecule has 0 heterocycles. The van der Waals surface area contributed by atoms with Crippen molar-refractivity contribution in [3.63, 3.8) is 0 Å². The van der Waals surface area contributed by atoms with Gasteiger partial charge in [-0.25, -0.2) is 9.59 Å². The number of hydrogen-bond donors (Lipinski definition) is 4. The molecule has 0 bridgehead atoms. The van der Waals surface area contributed by atoms with Crippen LogP contribution in [0.1, 0.15) is 41.5 Å². The zero-order valence-corrected chi connectivity index (χ0v) is 26.0. The Labute approximate surface area is 264 Å². The lowest BCUT2D eigenvalue weighted by Gasteiger charge is -2.19. The van der Waals surface area contributed by atoms with Crippen molar-refractivity contribution in [2.75, 3.05) is 25.5 Å². The number of benzene rings is 3. The summed E-state index contributed by atoms with van der Waals surface area (Å²) in [5, 5.41) is 10.1. The number of ether oxygens (including phenoxy) is 2. The number of carbonyl (C=O) groups is 5. The van der Waals surface area contributed by atoms with Crippen molar-refractivity contribution in [1.82, 2.24) is 16.0 Å². The molecule has 0 spiro atoms. The molecular weight excluding hydrogens is 611 g/mol.